The summed E-state index contributed by atoms with van der Waals surface area (Å²) in [7, 11) is 1.31. The Labute approximate surface area is 119 Å². The van der Waals surface area contributed by atoms with Crippen molar-refractivity contribution in [3.63, 3.8) is 0 Å². The van der Waals surface area contributed by atoms with Crippen LogP contribution < -0.4 is 16.2 Å². The molecule has 0 fully saturated rings. The number of benzene rings is 1. The molecule has 8 nitrogen and oxygen atoms in total. The Kier molecular flexibility index (Phi) is 5.39. The maximum Gasteiger partial charge on any atom is 0.347 e. The van der Waals surface area contributed by atoms with Crippen LogP contribution in [0.15, 0.2) is 6.07 Å². The number of nitrogens with two attached hydrogens (primary N) is 2. The molecule has 0 unspecified atom stereocenters. The summed E-state index contributed by atoms with van der Waals surface area (Å²) >= 11 is 5.45. The Hall–Kier alpha value is -2.22. The fourth-order valence-corrected chi connectivity index (χ4v) is 1.66. The van der Waals surface area contributed by atoms with Crippen LogP contribution in [-0.4, -0.2) is 30.5 Å². The molecule has 0 atom stereocenters. The lowest BCUT2D eigenvalue weighted by Crippen LogP contribution is -2.14. The lowest BCUT2D eigenvalue weighted by Gasteiger charge is -2.12. The SMILES string of the molecule is COc1cc(N)c([N+](=O)[O-])c(C(=O)OCCCCl)c1N. The Bertz CT molecular complexity index is 535. The van der Waals surface area contributed by atoms with Crippen LogP contribution in [0.2, 0.25) is 0 Å². The van der Waals surface area contributed by atoms with E-state index in [1.165, 1.54) is 13.2 Å². The van der Waals surface area contributed by atoms with E-state index in [1.54, 1.807) is 0 Å². The number of rotatable bonds is 6. The van der Waals surface area contributed by atoms with E-state index in [1.807, 2.05) is 0 Å². The average Bonchev–Trinajstić information content (AvgIpc) is 2.40. The van der Waals surface area contributed by atoms with Gasteiger partial charge in [-0.1, -0.05) is 0 Å². The molecule has 4 N–H and O–H groups in total. The summed E-state index contributed by atoms with van der Waals surface area (Å²) < 4.78 is 9.80. The second-order valence-corrected chi connectivity index (χ2v) is 4.12. The highest BCUT2D eigenvalue weighted by atomic mass is 35.5. The summed E-state index contributed by atoms with van der Waals surface area (Å²) in [6, 6.07) is 1.18. The maximum atomic E-state index is 11.9. The minimum Gasteiger partial charge on any atom is -0.494 e. The molecule has 0 heterocycles. The molecule has 0 aliphatic carbocycles. The summed E-state index contributed by atoms with van der Waals surface area (Å²) in [4.78, 5) is 22.2. The third-order valence-electron chi connectivity index (χ3n) is 2.45. The van der Waals surface area contributed by atoms with E-state index in [0.717, 1.165) is 0 Å². The molecule has 0 saturated carbocycles. The number of nitrogen functional groups attached to an aromatic ring is 2. The van der Waals surface area contributed by atoms with Crippen LogP contribution in [0.4, 0.5) is 17.1 Å². The van der Waals surface area contributed by atoms with Gasteiger partial charge in [-0.15, -0.1) is 11.6 Å². The number of hydrogen-bond acceptors (Lipinski definition) is 7. The Morgan fingerprint density at radius 1 is 1.50 bits per heavy atom. The number of anilines is 2. The summed E-state index contributed by atoms with van der Waals surface area (Å²) in [6.07, 6.45) is 0.417. The van der Waals surface area contributed by atoms with E-state index in [-0.39, 0.29) is 23.7 Å². The number of carbonyl (C=O) groups excluding carboxylic acids is 1. The quantitative estimate of drug-likeness (QED) is 0.203. The number of alkyl halides is 1. The molecule has 0 radical (unpaired) electrons. The van der Waals surface area contributed by atoms with Gasteiger partial charge in [-0.25, -0.2) is 4.79 Å². The molecule has 0 bridgehead atoms. The number of methoxy groups -OCH3 is 1. The molecule has 1 aromatic rings. The van der Waals surface area contributed by atoms with Crippen molar-refractivity contribution in [2.75, 3.05) is 31.1 Å². The first-order valence-electron chi connectivity index (χ1n) is 5.57. The fourth-order valence-electron chi connectivity index (χ4n) is 1.55. The first-order chi connectivity index (χ1) is 9.43. The lowest BCUT2D eigenvalue weighted by atomic mass is 10.1. The molecule has 1 rings (SSSR count). The van der Waals surface area contributed by atoms with E-state index in [2.05, 4.69) is 0 Å². The normalized spacial score (nSPS) is 10.1. The number of nitrogens with zero attached hydrogens (tertiary/aromatic N) is 1. The molecule has 1 aromatic carbocycles. The minimum atomic E-state index is -0.940. The van der Waals surface area contributed by atoms with Gasteiger partial charge in [0.25, 0.3) is 0 Å². The minimum absolute atomic E-state index is 0.0239. The highest BCUT2D eigenvalue weighted by Crippen LogP contribution is 2.38. The second-order valence-electron chi connectivity index (χ2n) is 3.74. The van der Waals surface area contributed by atoms with Gasteiger partial charge in [-0.05, 0) is 6.42 Å². The van der Waals surface area contributed by atoms with Gasteiger partial charge < -0.3 is 20.9 Å². The molecule has 0 aliphatic rings. The van der Waals surface area contributed by atoms with Crippen molar-refractivity contribution in [1.82, 2.24) is 0 Å². The molecule has 0 saturated heterocycles. The molecule has 20 heavy (non-hydrogen) atoms. The van der Waals surface area contributed by atoms with E-state index in [0.29, 0.717) is 12.3 Å². The van der Waals surface area contributed by atoms with Crippen molar-refractivity contribution in [3.05, 3.63) is 21.7 Å². The van der Waals surface area contributed by atoms with Gasteiger partial charge >= 0.3 is 11.7 Å². The molecule has 110 valence electrons. The third kappa shape index (κ3) is 3.21. The topological polar surface area (TPSA) is 131 Å². The second kappa shape index (κ2) is 6.80. The Balaban J connectivity index is 3.29. The van der Waals surface area contributed by atoms with Gasteiger partial charge in [0, 0.05) is 11.9 Å². The van der Waals surface area contributed by atoms with Crippen molar-refractivity contribution in [2.45, 2.75) is 6.42 Å². The summed E-state index contributed by atoms with van der Waals surface area (Å²) in [5.74, 6) is -0.576. The molecule has 0 aliphatic heterocycles. The van der Waals surface area contributed by atoms with Crippen LogP contribution in [-0.2, 0) is 4.74 Å². The number of nitro benzene ring substituents is 1. The largest absolute Gasteiger partial charge is 0.494 e. The average molecular weight is 304 g/mol. The van der Waals surface area contributed by atoms with Crippen LogP contribution in [0.5, 0.6) is 5.75 Å². The van der Waals surface area contributed by atoms with Gasteiger partial charge in [0.2, 0.25) is 0 Å². The molecule has 9 heteroatoms. The number of hydrogen-bond donors (Lipinski definition) is 2. The highest BCUT2D eigenvalue weighted by Gasteiger charge is 2.30. The van der Waals surface area contributed by atoms with Gasteiger partial charge in [0.05, 0.1) is 24.3 Å². The van der Waals surface area contributed by atoms with E-state index in [9.17, 15) is 14.9 Å². The first kappa shape index (κ1) is 15.8. The number of ether oxygens (including phenoxy) is 2. The van der Waals surface area contributed by atoms with E-state index >= 15 is 0 Å². The highest BCUT2D eigenvalue weighted by molar-refractivity contribution is 6.17. The van der Waals surface area contributed by atoms with E-state index in [4.69, 9.17) is 32.5 Å². The lowest BCUT2D eigenvalue weighted by molar-refractivity contribution is -0.384. The number of esters is 1. The Morgan fingerprint density at radius 3 is 2.65 bits per heavy atom. The van der Waals surface area contributed by atoms with E-state index < -0.39 is 22.1 Å². The number of carbonyl (C=O) groups is 1. The van der Waals surface area contributed by atoms with Crippen LogP contribution in [0, 0.1) is 10.1 Å². The van der Waals surface area contributed by atoms with Crippen molar-refractivity contribution in [3.8, 4) is 5.75 Å². The first-order valence-corrected chi connectivity index (χ1v) is 6.10. The van der Waals surface area contributed by atoms with Gasteiger partial charge in [0.1, 0.15) is 11.4 Å². The number of nitro groups is 1. The standard InChI is InChI=1S/C11H14ClN3O5/c1-19-7-5-6(13)10(15(17)18)8(9(7)14)11(16)20-4-2-3-12/h5H,2-4,13-14H2,1H3. The zero-order chi connectivity index (χ0) is 15.3. The van der Waals surface area contributed by atoms with Crippen LogP contribution in [0.3, 0.4) is 0 Å². The molecule has 0 spiro atoms. The fraction of sp³-hybridized carbons (Fsp3) is 0.364. The molecular weight excluding hydrogens is 290 g/mol. The summed E-state index contributed by atoms with van der Waals surface area (Å²) in [6.45, 7) is 0.0239. The van der Waals surface area contributed by atoms with Crippen molar-refractivity contribution >= 4 is 34.6 Å². The third-order valence-corrected chi connectivity index (χ3v) is 2.72. The maximum absolute atomic E-state index is 11.9. The van der Waals surface area contributed by atoms with Crippen molar-refractivity contribution in [1.29, 1.82) is 0 Å². The van der Waals surface area contributed by atoms with Crippen LogP contribution in [0.1, 0.15) is 16.8 Å². The summed E-state index contributed by atoms with van der Waals surface area (Å²) in [5.41, 5.74) is 9.81. The van der Waals surface area contributed by atoms with Gasteiger partial charge in [-0.3, -0.25) is 10.1 Å². The monoisotopic (exact) mass is 303 g/mol. The predicted molar refractivity (Wildman–Crippen MR) is 74.1 cm³/mol. The summed E-state index contributed by atoms with van der Waals surface area (Å²) in [5, 5.41) is 11.0. The predicted octanol–water partition coefficient (Wildman–Crippen LogP) is 1.55. The van der Waals surface area contributed by atoms with Crippen molar-refractivity contribution in [2.24, 2.45) is 0 Å². The van der Waals surface area contributed by atoms with Crippen LogP contribution >= 0.6 is 11.6 Å². The Morgan fingerprint density at radius 2 is 2.15 bits per heavy atom. The smallest absolute Gasteiger partial charge is 0.347 e. The zero-order valence-corrected chi connectivity index (χ0v) is 11.5. The van der Waals surface area contributed by atoms with Gasteiger partial charge in [0.15, 0.2) is 5.56 Å². The van der Waals surface area contributed by atoms with Crippen LogP contribution in [0.25, 0.3) is 0 Å². The van der Waals surface area contributed by atoms with Crippen molar-refractivity contribution < 1.29 is 19.2 Å². The number of halogens is 1. The van der Waals surface area contributed by atoms with Gasteiger partial charge in [-0.2, -0.15) is 0 Å². The zero-order valence-electron chi connectivity index (χ0n) is 10.7. The molecule has 0 amide bonds. The molecule has 0 aromatic heterocycles. The molecular formula is C11H14ClN3O5.